The number of nitrogens with zero attached hydrogens (tertiary/aromatic N) is 1. The first-order chi connectivity index (χ1) is 8.67. The minimum absolute atomic E-state index is 0.0682. The molecule has 3 nitrogen and oxygen atoms in total. The van der Waals surface area contributed by atoms with Crippen molar-refractivity contribution < 1.29 is 4.79 Å². The smallest absolute Gasteiger partial charge is 0.251 e. The van der Waals surface area contributed by atoms with Crippen LogP contribution in [0.4, 0.5) is 0 Å². The van der Waals surface area contributed by atoms with Gasteiger partial charge in [-0.25, -0.2) is 0 Å². The van der Waals surface area contributed by atoms with Crippen LogP contribution in [-0.2, 0) is 0 Å². The van der Waals surface area contributed by atoms with E-state index in [1.807, 2.05) is 6.08 Å². The maximum atomic E-state index is 11.8. The molecule has 0 fully saturated rings. The van der Waals surface area contributed by atoms with E-state index in [4.69, 9.17) is 11.6 Å². The van der Waals surface area contributed by atoms with E-state index in [-0.39, 0.29) is 5.91 Å². The molecule has 98 valence electrons. The number of halogens is 1. The van der Waals surface area contributed by atoms with Crippen LogP contribution in [0, 0.1) is 0 Å². The molecule has 1 aromatic carbocycles. The van der Waals surface area contributed by atoms with Gasteiger partial charge in [0.05, 0.1) is 0 Å². The lowest BCUT2D eigenvalue weighted by atomic mass is 10.2. The Bertz CT molecular complexity index is 389. The SMILES string of the molecule is C=CCN(CC)CCNC(=O)c1ccc(Cl)cc1. The average molecular weight is 267 g/mol. The number of nitrogens with one attached hydrogen (secondary N) is 1. The van der Waals surface area contributed by atoms with E-state index < -0.39 is 0 Å². The van der Waals surface area contributed by atoms with Crippen molar-refractivity contribution in [3.8, 4) is 0 Å². The second kappa shape index (κ2) is 7.90. The van der Waals surface area contributed by atoms with Gasteiger partial charge in [0.25, 0.3) is 5.91 Å². The highest BCUT2D eigenvalue weighted by Crippen LogP contribution is 2.09. The van der Waals surface area contributed by atoms with E-state index in [0.717, 1.165) is 19.6 Å². The Morgan fingerprint density at radius 2 is 2.11 bits per heavy atom. The highest BCUT2D eigenvalue weighted by atomic mass is 35.5. The van der Waals surface area contributed by atoms with Crippen LogP contribution in [0.25, 0.3) is 0 Å². The molecule has 0 spiro atoms. The van der Waals surface area contributed by atoms with Crippen LogP contribution in [0.2, 0.25) is 5.02 Å². The number of rotatable bonds is 7. The molecule has 1 aromatic rings. The third-order valence-corrected chi connectivity index (χ3v) is 2.91. The summed E-state index contributed by atoms with van der Waals surface area (Å²) in [6.07, 6.45) is 1.87. The number of benzene rings is 1. The summed E-state index contributed by atoms with van der Waals surface area (Å²) < 4.78 is 0. The summed E-state index contributed by atoms with van der Waals surface area (Å²) >= 11 is 5.77. The maximum absolute atomic E-state index is 11.8. The minimum atomic E-state index is -0.0682. The molecule has 0 aliphatic carbocycles. The quantitative estimate of drug-likeness (QED) is 0.770. The van der Waals surface area contributed by atoms with Gasteiger partial charge in [0.15, 0.2) is 0 Å². The topological polar surface area (TPSA) is 32.3 Å². The second-order valence-electron chi connectivity index (χ2n) is 3.94. The van der Waals surface area contributed by atoms with E-state index in [1.54, 1.807) is 24.3 Å². The lowest BCUT2D eigenvalue weighted by Gasteiger charge is -2.18. The zero-order valence-corrected chi connectivity index (χ0v) is 11.4. The first-order valence-corrected chi connectivity index (χ1v) is 6.42. The molecule has 4 heteroatoms. The highest BCUT2D eigenvalue weighted by Gasteiger charge is 2.05. The number of hydrogen-bond acceptors (Lipinski definition) is 2. The summed E-state index contributed by atoms with van der Waals surface area (Å²) in [6.45, 7) is 9.03. The first kappa shape index (κ1) is 14.7. The van der Waals surface area contributed by atoms with Crippen LogP contribution in [0.15, 0.2) is 36.9 Å². The van der Waals surface area contributed by atoms with Crippen molar-refractivity contribution in [2.24, 2.45) is 0 Å². The molecule has 0 aliphatic rings. The Morgan fingerprint density at radius 1 is 1.44 bits per heavy atom. The van der Waals surface area contributed by atoms with Crippen LogP contribution in [0.5, 0.6) is 0 Å². The van der Waals surface area contributed by atoms with Crippen molar-refractivity contribution in [1.29, 1.82) is 0 Å². The molecule has 0 saturated heterocycles. The Kier molecular flexibility index (Phi) is 6.47. The number of likely N-dealkylation sites (N-methyl/N-ethyl adjacent to an activating group) is 1. The molecule has 0 bridgehead atoms. The zero-order chi connectivity index (χ0) is 13.4. The van der Waals surface area contributed by atoms with Gasteiger partial charge >= 0.3 is 0 Å². The summed E-state index contributed by atoms with van der Waals surface area (Å²) in [5.74, 6) is -0.0682. The summed E-state index contributed by atoms with van der Waals surface area (Å²) in [5, 5.41) is 3.52. The van der Waals surface area contributed by atoms with E-state index >= 15 is 0 Å². The molecule has 0 aromatic heterocycles. The molecule has 0 aliphatic heterocycles. The average Bonchev–Trinajstić information content (AvgIpc) is 2.38. The van der Waals surface area contributed by atoms with E-state index in [0.29, 0.717) is 17.1 Å². The van der Waals surface area contributed by atoms with Crippen LogP contribution in [0.3, 0.4) is 0 Å². The number of carbonyl (C=O) groups is 1. The largest absolute Gasteiger partial charge is 0.351 e. The standard InChI is InChI=1S/C14H19ClN2O/c1-3-10-17(4-2)11-9-16-14(18)12-5-7-13(15)8-6-12/h3,5-8H,1,4,9-11H2,2H3,(H,16,18). The molecule has 1 N–H and O–H groups in total. The summed E-state index contributed by atoms with van der Waals surface area (Å²) in [4.78, 5) is 14.0. The lowest BCUT2D eigenvalue weighted by Crippen LogP contribution is -2.34. The van der Waals surface area contributed by atoms with Crippen molar-refractivity contribution >= 4 is 17.5 Å². The predicted molar refractivity (Wildman–Crippen MR) is 76.1 cm³/mol. The maximum Gasteiger partial charge on any atom is 0.251 e. The van der Waals surface area contributed by atoms with E-state index in [9.17, 15) is 4.79 Å². The van der Waals surface area contributed by atoms with Crippen LogP contribution in [-0.4, -0.2) is 37.0 Å². The Morgan fingerprint density at radius 3 is 2.67 bits per heavy atom. The third kappa shape index (κ3) is 4.90. The Hall–Kier alpha value is -1.32. The van der Waals surface area contributed by atoms with Crippen molar-refractivity contribution in [3.05, 3.63) is 47.5 Å². The number of hydrogen-bond donors (Lipinski definition) is 1. The van der Waals surface area contributed by atoms with Gasteiger partial charge in [0.1, 0.15) is 0 Å². The van der Waals surface area contributed by atoms with Crippen LogP contribution >= 0.6 is 11.6 Å². The van der Waals surface area contributed by atoms with E-state index in [2.05, 4.69) is 23.7 Å². The van der Waals surface area contributed by atoms with Crippen molar-refractivity contribution in [2.75, 3.05) is 26.2 Å². The monoisotopic (exact) mass is 266 g/mol. The normalized spacial score (nSPS) is 10.4. The Labute approximate surface area is 113 Å². The van der Waals surface area contributed by atoms with Gasteiger partial charge in [-0.3, -0.25) is 9.69 Å². The van der Waals surface area contributed by atoms with Gasteiger partial charge in [-0.15, -0.1) is 6.58 Å². The summed E-state index contributed by atoms with van der Waals surface area (Å²) in [7, 11) is 0. The van der Waals surface area contributed by atoms with Crippen molar-refractivity contribution in [2.45, 2.75) is 6.92 Å². The zero-order valence-electron chi connectivity index (χ0n) is 10.7. The molecule has 1 amide bonds. The lowest BCUT2D eigenvalue weighted by molar-refractivity contribution is 0.0949. The number of carbonyl (C=O) groups excluding carboxylic acids is 1. The van der Waals surface area contributed by atoms with E-state index in [1.165, 1.54) is 0 Å². The van der Waals surface area contributed by atoms with Crippen LogP contribution < -0.4 is 5.32 Å². The first-order valence-electron chi connectivity index (χ1n) is 6.04. The summed E-state index contributed by atoms with van der Waals surface area (Å²) in [5.41, 5.74) is 0.631. The van der Waals surface area contributed by atoms with Gasteiger partial charge in [0, 0.05) is 30.2 Å². The highest BCUT2D eigenvalue weighted by molar-refractivity contribution is 6.30. The van der Waals surface area contributed by atoms with Gasteiger partial charge in [-0.2, -0.15) is 0 Å². The number of amides is 1. The Balaban J connectivity index is 2.37. The van der Waals surface area contributed by atoms with Crippen molar-refractivity contribution in [1.82, 2.24) is 10.2 Å². The molecule has 1 rings (SSSR count). The molecule has 0 radical (unpaired) electrons. The molecule has 0 atom stereocenters. The molecule has 0 heterocycles. The second-order valence-corrected chi connectivity index (χ2v) is 4.38. The fourth-order valence-electron chi connectivity index (χ4n) is 1.59. The van der Waals surface area contributed by atoms with Gasteiger partial charge in [0.2, 0.25) is 0 Å². The van der Waals surface area contributed by atoms with Gasteiger partial charge in [-0.1, -0.05) is 24.6 Å². The third-order valence-electron chi connectivity index (χ3n) is 2.65. The minimum Gasteiger partial charge on any atom is -0.351 e. The molecule has 0 unspecified atom stereocenters. The van der Waals surface area contributed by atoms with Gasteiger partial charge in [-0.05, 0) is 30.8 Å². The van der Waals surface area contributed by atoms with Gasteiger partial charge < -0.3 is 5.32 Å². The molecular formula is C14H19ClN2O. The predicted octanol–water partition coefficient (Wildman–Crippen LogP) is 2.58. The van der Waals surface area contributed by atoms with Crippen LogP contribution in [0.1, 0.15) is 17.3 Å². The molecule has 18 heavy (non-hydrogen) atoms. The summed E-state index contributed by atoms with van der Waals surface area (Å²) in [6, 6.07) is 6.87. The van der Waals surface area contributed by atoms with Crippen molar-refractivity contribution in [3.63, 3.8) is 0 Å². The molecular weight excluding hydrogens is 248 g/mol. The fourth-order valence-corrected chi connectivity index (χ4v) is 1.72. The fraction of sp³-hybridized carbons (Fsp3) is 0.357. The molecule has 0 saturated carbocycles.